The van der Waals surface area contributed by atoms with E-state index in [1.807, 2.05) is 25.7 Å². The topological polar surface area (TPSA) is 49.8 Å². The van der Waals surface area contributed by atoms with Gasteiger partial charge in [0.05, 0.1) is 0 Å². The first-order valence-corrected chi connectivity index (χ1v) is 6.95. The van der Waals surface area contributed by atoms with Crippen LogP contribution in [0.15, 0.2) is 0 Å². The first-order valence-electron chi connectivity index (χ1n) is 6.95. The van der Waals surface area contributed by atoms with Crippen molar-refractivity contribution in [3.63, 3.8) is 0 Å². The number of hydrogen-bond donors (Lipinski definition) is 1. The Morgan fingerprint density at radius 2 is 2.17 bits per heavy atom. The number of ether oxygens (including phenoxy) is 1. The van der Waals surface area contributed by atoms with Crippen molar-refractivity contribution in [3.8, 4) is 0 Å². The van der Waals surface area contributed by atoms with Crippen molar-refractivity contribution >= 4 is 6.09 Å². The molecule has 0 aromatic heterocycles. The molecular weight excluding hydrogens is 230 g/mol. The molecular formula is C14H25NO3. The number of nitrogens with zero attached hydrogens (tertiary/aromatic N) is 1. The number of likely N-dealkylation sites (tertiary alicyclic amines) is 1. The van der Waals surface area contributed by atoms with E-state index in [4.69, 9.17) is 4.74 Å². The van der Waals surface area contributed by atoms with Gasteiger partial charge in [-0.25, -0.2) is 4.79 Å². The molecule has 1 heterocycles. The van der Waals surface area contributed by atoms with Crippen LogP contribution >= 0.6 is 0 Å². The van der Waals surface area contributed by atoms with E-state index >= 15 is 0 Å². The van der Waals surface area contributed by atoms with Crippen molar-refractivity contribution in [1.82, 2.24) is 4.90 Å². The monoisotopic (exact) mass is 255 g/mol. The number of carbonyl (C=O) groups is 1. The average Bonchev–Trinajstić information content (AvgIpc) is 2.69. The summed E-state index contributed by atoms with van der Waals surface area (Å²) in [7, 11) is 0. The third kappa shape index (κ3) is 2.63. The number of carbonyl (C=O) groups excluding carboxylic acids is 1. The Morgan fingerprint density at radius 3 is 2.78 bits per heavy atom. The number of amides is 1. The summed E-state index contributed by atoms with van der Waals surface area (Å²) < 4.78 is 5.42. The lowest BCUT2D eigenvalue weighted by atomic mass is 9.73. The zero-order chi connectivity index (χ0) is 13.4. The van der Waals surface area contributed by atoms with Gasteiger partial charge in [-0.15, -0.1) is 0 Å². The summed E-state index contributed by atoms with van der Waals surface area (Å²) in [5.41, 5.74) is -0.350. The fourth-order valence-electron chi connectivity index (χ4n) is 3.32. The molecule has 0 aromatic carbocycles. The molecule has 1 aliphatic heterocycles. The molecule has 0 aromatic rings. The van der Waals surface area contributed by atoms with Crippen molar-refractivity contribution < 1.29 is 14.6 Å². The number of piperidine rings is 1. The van der Waals surface area contributed by atoms with Crippen LogP contribution in [0, 0.1) is 11.3 Å². The minimum atomic E-state index is -0.432. The third-order valence-electron chi connectivity index (χ3n) is 4.38. The molecule has 2 fully saturated rings. The highest BCUT2D eigenvalue weighted by Gasteiger charge is 2.47. The molecule has 2 rings (SSSR count). The predicted octanol–water partition coefficient (Wildman–Crippen LogP) is 2.41. The Morgan fingerprint density at radius 1 is 1.44 bits per heavy atom. The van der Waals surface area contributed by atoms with Crippen molar-refractivity contribution in [2.45, 2.75) is 52.1 Å². The number of rotatable bonds is 1. The molecule has 18 heavy (non-hydrogen) atoms. The first kappa shape index (κ1) is 13.7. The molecule has 1 aliphatic carbocycles. The maximum Gasteiger partial charge on any atom is 0.410 e. The molecule has 2 atom stereocenters. The van der Waals surface area contributed by atoms with Crippen molar-refractivity contribution in [2.24, 2.45) is 11.3 Å². The van der Waals surface area contributed by atoms with Crippen LogP contribution < -0.4 is 0 Å². The highest BCUT2D eigenvalue weighted by Crippen LogP contribution is 2.48. The number of fused-ring (bicyclic) bond motifs is 1. The lowest BCUT2D eigenvalue weighted by Crippen LogP contribution is -2.50. The standard InChI is InChI=1S/C14H25NO3/c1-13(2,3)18-12(17)15-8-7-14(10-16)6-4-5-11(14)9-15/h11,16H,4-10H2,1-3H3. The molecule has 2 aliphatic rings. The van der Waals surface area contributed by atoms with Crippen LogP contribution in [0.25, 0.3) is 0 Å². The van der Waals surface area contributed by atoms with Crippen LogP contribution in [0.1, 0.15) is 46.5 Å². The second-order valence-electron chi connectivity index (χ2n) is 6.79. The lowest BCUT2D eigenvalue weighted by molar-refractivity contribution is -0.0177. The van der Waals surface area contributed by atoms with E-state index in [-0.39, 0.29) is 18.1 Å². The average molecular weight is 255 g/mol. The molecule has 1 N–H and O–H groups in total. The van der Waals surface area contributed by atoms with Gasteiger partial charge < -0.3 is 14.7 Å². The highest BCUT2D eigenvalue weighted by atomic mass is 16.6. The van der Waals surface area contributed by atoms with E-state index in [9.17, 15) is 9.90 Å². The third-order valence-corrected chi connectivity index (χ3v) is 4.38. The van der Waals surface area contributed by atoms with Crippen LogP contribution in [0.4, 0.5) is 4.79 Å². The highest BCUT2D eigenvalue weighted by molar-refractivity contribution is 5.68. The van der Waals surface area contributed by atoms with Crippen molar-refractivity contribution in [3.05, 3.63) is 0 Å². The fourth-order valence-corrected chi connectivity index (χ4v) is 3.32. The molecule has 1 saturated carbocycles. The maximum absolute atomic E-state index is 12.0. The molecule has 2 unspecified atom stereocenters. The Labute approximate surface area is 109 Å². The SMILES string of the molecule is CC(C)(C)OC(=O)N1CCC2(CO)CCCC2C1. The summed E-state index contributed by atoms with van der Waals surface area (Å²) >= 11 is 0. The molecule has 104 valence electrons. The van der Waals surface area contributed by atoms with Gasteiger partial charge in [0.15, 0.2) is 0 Å². The quantitative estimate of drug-likeness (QED) is 0.782. The normalized spacial score (nSPS) is 32.2. The number of aliphatic hydroxyl groups is 1. The van der Waals surface area contributed by atoms with Gasteiger partial charge in [-0.1, -0.05) is 6.42 Å². The van der Waals surface area contributed by atoms with E-state index in [0.717, 1.165) is 25.8 Å². The van der Waals surface area contributed by atoms with Crippen LogP contribution in [0.5, 0.6) is 0 Å². The largest absolute Gasteiger partial charge is 0.444 e. The molecule has 1 saturated heterocycles. The first-order chi connectivity index (χ1) is 8.36. The van der Waals surface area contributed by atoms with Gasteiger partial charge >= 0.3 is 6.09 Å². The Hall–Kier alpha value is -0.770. The van der Waals surface area contributed by atoms with Crippen LogP contribution in [0.3, 0.4) is 0 Å². The summed E-state index contributed by atoms with van der Waals surface area (Å²) in [6.45, 7) is 7.40. The van der Waals surface area contributed by atoms with E-state index in [2.05, 4.69) is 0 Å². The Balaban J connectivity index is 1.97. The smallest absolute Gasteiger partial charge is 0.410 e. The molecule has 1 amide bonds. The fraction of sp³-hybridized carbons (Fsp3) is 0.929. The Bertz CT molecular complexity index is 323. The van der Waals surface area contributed by atoms with Gasteiger partial charge in [-0.2, -0.15) is 0 Å². The van der Waals surface area contributed by atoms with Gasteiger partial charge in [0.1, 0.15) is 5.60 Å². The van der Waals surface area contributed by atoms with Crippen molar-refractivity contribution in [2.75, 3.05) is 19.7 Å². The Kier molecular flexibility index (Phi) is 3.58. The summed E-state index contributed by atoms with van der Waals surface area (Å²) in [4.78, 5) is 13.9. The molecule has 0 bridgehead atoms. The summed E-state index contributed by atoms with van der Waals surface area (Å²) in [5.74, 6) is 0.448. The second-order valence-corrected chi connectivity index (χ2v) is 6.79. The second kappa shape index (κ2) is 4.72. The van der Waals surface area contributed by atoms with Crippen molar-refractivity contribution in [1.29, 1.82) is 0 Å². The molecule has 4 nitrogen and oxygen atoms in total. The van der Waals surface area contributed by atoms with Gasteiger partial charge in [0, 0.05) is 19.7 Å². The van der Waals surface area contributed by atoms with E-state index in [1.54, 1.807) is 0 Å². The van der Waals surface area contributed by atoms with Crippen LogP contribution in [-0.4, -0.2) is 41.4 Å². The molecule has 0 radical (unpaired) electrons. The van der Waals surface area contributed by atoms with E-state index in [1.165, 1.54) is 6.42 Å². The van der Waals surface area contributed by atoms with Crippen LogP contribution in [0.2, 0.25) is 0 Å². The van der Waals surface area contributed by atoms with E-state index < -0.39 is 5.60 Å². The predicted molar refractivity (Wildman–Crippen MR) is 69.3 cm³/mol. The maximum atomic E-state index is 12.0. The molecule has 4 heteroatoms. The van der Waals surface area contributed by atoms with Gasteiger partial charge in [-0.3, -0.25) is 0 Å². The zero-order valence-electron chi connectivity index (χ0n) is 11.7. The van der Waals surface area contributed by atoms with E-state index in [0.29, 0.717) is 12.5 Å². The minimum Gasteiger partial charge on any atom is -0.444 e. The van der Waals surface area contributed by atoms with Crippen LogP contribution in [-0.2, 0) is 4.74 Å². The van der Waals surface area contributed by atoms with Gasteiger partial charge in [-0.05, 0) is 51.4 Å². The number of hydrogen-bond acceptors (Lipinski definition) is 3. The summed E-state index contributed by atoms with van der Waals surface area (Å²) in [6, 6.07) is 0. The summed E-state index contributed by atoms with van der Waals surface area (Å²) in [5, 5.41) is 9.63. The zero-order valence-corrected chi connectivity index (χ0v) is 11.7. The minimum absolute atomic E-state index is 0.0819. The van der Waals surface area contributed by atoms with Gasteiger partial charge in [0.2, 0.25) is 0 Å². The van der Waals surface area contributed by atoms with Gasteiger partial charge in [0.25, 0.3) is 0 Å². The summed E-state index contributed by atoms with van der Waals surface area (Å²) in [6.07, 6.45) is 4.11. The molecule has 0 spiro atoms. The lowest BCUT2D eigenvalue weighted by Gasteiger charge is -2.43. The number of aliphatic hydroxyl groups excluding tert-OH is 1.